The molecule has 0 aromatic carbocycles. The minimum absolute atomic E-state index is 0.292. The minimum atomic E-state index is -0.292. The Kier molecular flexibility index (Phi) is 6.92. The average Bonchev–Trinajstić information content (AvgIpc) is 2.03. The molecule has 0 radical (unpaired) electrons. The van der Waals surface area contributed by atoms with E-state index in [1.54, 1.807) is 13.0 Å². The van der Waals surface area contributed by atoms with E-state index in [1.807, 2.05) is 6.92 Å². The van der Waals surface area contributed by atoms with Crippen LogP contribution in [0.15, 0.2) is 24.3 Å². The van der Waals surface area contributed by atoms with Crippen LogP contribution in [0.2, 0.25) is 0 Å². The van der Waals surface area contributed by atoms with Crippen molar-refractivity contribution >= 4 is 5.97 Å². The van der Waals surface area contributed by atoms with E-state index in [4.69, 9.17) is 4.74 Å². The summed E-state index contributed by atoms with van der Waals surface area (Å²) in [7, 11) is 0. The zero-order chi connectivity index (χ0) is 10.1. The molecule has 0 rings (SSSR count). The third-order valence-corrected chi connectivity index (χ3v) is 1.23. The van der Waals surface area contributed by atoms with Gasteiger partial charge in [0.15, 0.2) is 0 Å². The summed E-state index contributed by atoms with van der Waals surface area (Å²) < 4.78 is 4.70. The van der Waals surface area contributed by atoms with E-state index in [9.17, 15) is 4.79 Å². The first-order valence-electron chi connectivity index (χ1n) is 4.35. The second kappa shape index (κ2) is 7.55. The predicted octanol–water partition coefficient (Wildman–Crippen LogP) is 1.27. The maximum absolute atomic E-state index is 10.8. The Hall–Kier alpha value is -1.09. The maximum atomic E-state index is 10.8. The lowest BCUT2D eigenvalue weighted by Gasteiger charge is -1.99. The van der Waals surface area contributed by atoms with Crippen LogP contribution in [0.4, 0.5) is 0 Å². The maximum Gasteiger partial charge on any atom is 0.330 e. The van der Waals surface area contributed by atoms with Gasteiger partial charge in [-0.05, 0) is 13.8 Å². The molecule has 3 nitrogen and oxygen atoms in total. The van der Waals surface area contributed by atoms with E-state index in [0.29, 0.717) is 13.2 Å². The molecule has 3 heteroatoms. The van der Waals surface area contributed by atoms with Crippen molar-refractivity contribution in [2.24, 2.45) is 0 Å². The molecule has 0 saturated heterocycles. The molecule has 0 atom stereocenters. The van der Waals surface area contributed by atoms with Gasteiger partial charge in [0.2, 0.25) is 0 Å². The predicted molar refractivity (Wildman–Crippen MR) is 53.5 cm³/mol. The zero-order valence-corrected chi connectivity index (χ0v) is 8.30. The highest BCUT2D eigenvalue weighted by molar-refractivity contribution is 5.81. The summed E-state index contributed by atoms with van der Waals surface area (Å²) in [6.07, 6.45) is 3.16. The number of esters is 1. The van der Waals surface area contributed by atoms with Gasteiger partial charge in [-0.3, -0.25) is 0 Å². The quantitative estimate of drug-likeness (QED) is 0.292. The van der Waals surface area contributed by atoms with E-state index >= 15 is 0 Å². The number of carbonyl (C=O) groups excluding carboxylic acids is 1. The van der Waals surface area contributed by atoms with Crippen LogP contribution in [-0.2, 0) is 9.53 Å². The molecule has 0 heterocycles. The molecule has 0 aliphatic carbocycles. The Labute approximate surface area is 79.5 Å². The van der Waals surface area contributed by atoms with E-state index in [-0.39, 0.29) is 5.97 Å². The summed E-state index contributed by atoms with van der Waals surface area (Å²) in [4.78, 5) is 10.8. The van der Waals surface area contributed by atoms with Crippen molar-refractivity contribution in [1.82, 2.24) is 5.32 Å². The summed E-state index contributed by atoms with van der Waals surface area (Å²) in [6, 6.07) is 0. The first-order valence-corrected chi connectivity index (χ1v) is 4.35. The Morgan fingerprint density at radius 2 is 2.31 bits per heavy atom. The fraction of sp³-hybridized carbons (Fsp3) is 0.500. The molecule has 0 bridgehead atoms. The first kappa shape index (κ1) is 11.9. The molecule has 0 aromatic rings. The van der Waals surface area contributed by atoms with Crippen molar-refractivity contribution in [3.63, 3.8) is 0 Å². The number of hydrogen-bond donors (Lipinski definition) is 1. The van der Waals surface area contributed by atoms with Crippen molar-refractivity contribution < 1.29 is 9.53 Å². The number of nitrogens with one attached hydrogen (secondary N) is 1. The molecular formula is C10H17NO2. The summed E-state index contributed by atoms with van der Waals surface area (Å²) in [5, 5.41) is 3.09. The lowest BCUT2D eigenvalue weighted by atomic mass is 10.3. The largest absolute Gasteiger partial charge is 0.463 e. The van der Waals surface area contributed by atoms with Gasteiger partial charge in [0.05, 0.1) is 6.61 Å². The average molecular weight is 183 g/mol. The van der Waals surface area contributed by atoms with Gasteiger partial charge in [-0.15, -0.1) is 0 Å². The van der Waals surface area contributed by atoms with Crippen LogP contribution in [0.25, 0.3) is 0 Å². The van der Waals surface area contributed by atoms with Crippen LogP contribution in [0.5, 0.6) is 0 Å². The number of hydrogen-bond acceptors (Lipinski definition) is 3. The van der Waals surface area contributed by atoms with Crippen LogP contribution in [0.1, 0.15) is 13.8 Å². The molecule has 0 unspecified atom stereocenters. The first-order chi connectivity index (χ1) is 6.16. The summed E-state index contributed by atoms with van der Waals surface area (Å²) in [5.41, 5.74) is 1.07. The van der Waals surface area contributed by atoms with Gasteiger partial charge < -0.3 is 10.1 Å². The van der Waals surface area contributed by atoms with Gasteiger partial charge in [0.25, 0.3) is 0 Å². The van der Waals surface area contributed by atoms with E-state index < -0.39 is 0 Å². The smallest absolute Gasteiger partial charge is 0.330 e. The van der Waals surface area contributed by atoms with Crippen LogP contribution < -0.4 is 5.32 Å². The minimum Gasteiger partial charge on any atom is -0.463 e. The molecule has 0 saturated carbocycles. The topological polar surface area (TPSA) is 38.3 Å². The van der Waals surface area contributed by atoms with Crippen molar-refractivity contribution in [3.8, 4) is 0 Å². The Morgan fingerprint density at radius 3 is 2.85 bits per heavy atom. The highest BCUT2D eigenvalue weighted by Crippen LogP contribution is 1.82. The van der Waals surface area contributed by atoms with E-state index in [0.717, 1.165) is 12.1 Å². The monoisotopic (exact) mass is 183 g/mol. The molecular weight excluding hydrogens is 166 g/mol. The molecule has 0 aromatic heterocycles. The van der Waals surface area contributed by atoms with Crippen molar-refractivity contribution in [1.29, 1.82) is 0 Å². The van der Waals surface area contributed by atoms with Gasteiger partial charge in [0.1, 0.15) is 0 Å². The Balaban J connectivity index is 3.40. The molecule has 74 valence electrons. The zero-order valence-electron chi connectivity index (χ0n) is 8.30. The lowest BCUT2D eigenvalue weighted by Crippen LogP contribution is -2.15. The molecule has 0 spiro atoms. The molecule has 0 amide bonds. The van der Waals surface area contributed by atoms with Crippen LogP contribution in [-0.4, -0.2) is 25.7 Å². The number of carbonyl (C=O) groups is 1. The fourth-order valence-corrected chi connectivity index (χ4v) is 0.714. The van der Waals surface area contributed by atoms with Crippen molar-refractivity contribution in [2.45, 2.75) is 13.8 Å². The van der Waals surface area contributed by atoms with Crippen LogP contribution >= 0.6 is 0 Å². The molecule has 0 aliphatic heterocycles. The van der Waals surface area contributed by atoms with Crippen molar-refractivity contribution in [3.05, 3.63) is 24.3 Å². The van der Waals surface area contributed by atoms with Gasteiger partial charge in [-0.25, -0.2) is 4.79 Å². The van der Waals surface area contributed by atoms with Crippen molar-refractivity contribution in [2.75, 3.05) is 19.7 Å². The van der Waals surface area contributed by atoms with Gasteiger partial charge in [-0.2, -0.15) is 0 Å². The third kappa shape index (κ3) is 8.82. The van der Waals surface area contributed by atoms with Gasteiger partial charge in [0, 0.05) is 19.2 Å². The van der Waals surface area contributed by atoms with Gasteiger partial charge in [-0.1, -0.05) is 18.2 Å². The molecule has 13 heavy (non-hydrogen) atoms. The normalized spacial score (nSPS) is 10.3. The Morgan fingerprint density at radius 1 is 1.62 bits per heavy atom. The molecule has 0 fully saturated rings. The third-order valence-electron chi connectivity index (χ3n) is 1.23. The van der Waals surface area contributed by atoms with E-state index in [1.165, 1.54) is 6.08 Å². The highest BCUT2D eigenvalue weighted by Gasteiger charge is 1.91. The highest BCUT2D eigenvalue weighted by atomic mass is 16.5. The number of rotatable bonds is 6. The number of ether oxygens (including phenoxy) is 1. The van der Waals surface area contributed by atoms with Crippen LogP contribution in [0.3, 0.4) is 0 Å². The Bertz CT molecular complexity index is 197. The molecule has 0 aliphatic rings. The summed E-state index contributed by atoms with van der Waals surface area (Å²) in [5.74, 6) is -0.292. The standard InChI is InChI=1S/C10H17NO2/c1-4-13-10(12)6-5-7-11-8-9(2)3/h5-6,11H,2,4,7-8H2,1,3H3/b6-5+. The van der Waals surface area contributed by atoms with Crippen LogP contribution in [0, 0.1) is 0 Å². The second-order valence-electron chi connectivity index (χ2n) is 2.74. The van der Waals surface area contributed by atoms with Gasteiger partial charge >= 0.3 is 5.97 Å². The summed E-state index contributed by atoms with van der Waals surface area (Å²) >= 11 is 0. The second-order valence-corrected chi connectivity index (χ2v) is 2.74. The SMILES string of the molecule is C=C(C)CNC/C=C/C(=O)OCC. The lowest BCUT2D eigenvalue weighted by molar-refractivity contribution is -0.137. The fourth-order valence-electron chi connectivity index (χ4n) is 0.714. The summed E-state index contributed by atoms with van der Waals surface area (Å²) in [6.45, 7) is 9.32. The molecule has 1 N–H and O–H groups in total. The van der Waals surface area contributed by atoms with E-state index in [2.05, 4.69) is 11.9 Å².